The maximum absolute atomic E-state index is 2.35. The summed E-state index contributed by atoms with van der Waals surface area (Å²) in [4.78, 5) is 4.69. The molecule has 2 nitrogen and oxygen atoms in total. The summed E-state index contributed by atoms with van der Waals surface area (Å²) >= 11 is 0. The summed E-state index contributed by atoms with van der Waals surface area (Å²) in [6.07, 6.45) is 4.60. The third-order valence-corrected chi connectivity index (χ3v) is 13.5. The van der Waals surface area contributed by atoms with E-state index in [-0.39, 0.29) is 0 Å². The van der Waals surface area contributed by atoms with Gasteiger partial charge >= 0.3 is 0 Å². The number of aryl methyl sites for hydroxylation is 6. The Hall–Kier alpha value is -8.72. The third kappa shape index (κ3) is 10.8. The van der Waals surface area contributed by atoms with Crippen LogP contribution in [0.15, 0.2) is 243 Å². The van der Waals surface area contributed by atoms with Gasteiger partial charge in [-0.3, -0.25) is 0 Å². The first kappa shape index (κ1) is 47.0. The summed E-state index contributed by atoms with van der Waals surface area (Å²) in [7, 11) is 0. The van der Waals surface area contributed by atoms with Gasteiger partial charge in [-0.25, -0.2) is 0 Å². The van der Waals surface area contributed by atoms with E-state index in [0.29, 0.717) is 0 Å². The molecular weight excluding hydrogens is 869 g/mol. The SMILES string of the molecule is Cc1ccc(/C=C(\c2ccc(C)cc2)c2ccc(N(c3ccc(C)cc3)c3ccc(-c4ccc(N(c5ccc(C)cc5)c5ccc(/C(=C/c6ccc(C)cc6)c6ccc(C)cc6)cc5)cc4)cc3)cc2)cc1. The number of hydrogen-bond acceptors (Lipinski definition) is 2. The molecule has 0 amide bonds. The fourth-order valence-electron chi connectivity index (χ4n) is 9.26. The minimum atomic E-state index is 1.09. The van der Waals surface area contributed by atoms with Gasteiger partial charge in [-0.2, -0.15) is 0 Å². The van der Waals surface area contributed by atoms with Crippen LogP contribution in [0.25, 0.3) is 34.4 Å². The molecule has 0 aliphatic heterocycles. The maximum Gasteiger partial charge on any atom is 0.0462 e. The zero-order chi connectivity index (χ0) is 49.6. The minimum absolute atomic E-state index is 1.09. The van der Waals surface area contributed by atoms with E-state index in [0.717, 1.165) is 45.3 Å². The zero-order valence-corrected chi connectivity index (χ0v) is 42.1. The topological polar surface area (TPSA) is 6.48 Å². The van der Waals surface area contributed by atoms with E-state index in [1.54, 1.807) is 0 Å². The van der Waals surface area contributed by atoms with E-state index in [4.69, 9.17) is 0 Å². The van der Waals surface area contributed by atoms with Gasteiger partial charge in [0.2, 0.25) is 0 Å². The highest BCUT2D eigenvalue weighted by atomic mass is 15.1. The van der Waals surface area contributed by atoms with E-state index in [2.05, 4.69) is 306 Å². The Kier molecular flexibility index (Phi) is 13.8. The Morgan fingerprint density at radius 1 is 0.222 bits per heavy atom. The molecule has 0 aliphatic rings. The van der Waals surface area contributed by atoms with Crippen molar-refractivity contribution >= 4 is 57.4 Å². The average Bonchev–Trinajstić information content (AvgIpc) is 3.41. The van der Waals surface area contributed by atoms with Crippen molar-refractivity contribution < 1.29 is 0 Å². The fraction of sp³-hybridized carbons (Fsp3) is 0.0857. The molecule has 0 saturated carbocycles. The number of nitrogens with zero attached hydrogens (tertiary/aromatic N) is 2. The lowest BCUT2D eigenvalue weighted by molar-refractivity contribution is 1.27. The Bertz CT molecular complexity index is 3210. The highest BCUT2D eigenvalue weighted by molar-refractivity contribution is 5.94. The predicted molar refractivity (Wildman–Crippen MR) is 309 cm³/mol. The molecule has 0 saturated heterocycles. The van der Waals surface area contributed by atoms with Crippen LogP contribution in [0.4, 0.5) is 34.1 Å². The van der Waals surface area contributed by atoms with Crippen LogP contribution in [-0.2, 0) is 0 Å². The standard InChI is InChI=1S/C70H60N2/c1-49-7-19-55(20-8-49)47-69(59-23-11-51(3)12-24-59)61-31-43-67(44-32-61)71(63-35-15-53(5)16-36-63)65-39-27-57(28-40-65)58-29-41-66(42-30-58)72(64-37-17-54(6)18-38-64)68-45-33-62(34-46-68)70(60-25-13-52(4)14-26-60)48-56-21-9-50(2)10-22-56/h7-48H,1-6H3/b69-47+,70-48+. The molecule has 0 aromatic heterocycles. The molecule has 10 rings (SSSR count). The van der Waals surface area contributed by atoms with Crippen molar-refractivity contribution in [1.82, 2.24) is 0 Å². The molecule has 2 heteroatoms. The van der Waals surface area contributed by atoms with Crippen molar-refractivity contribution in [2.45, 2.75) is 41.5 Å². The lowest BCUT2D eigenvalue weighted by atomic mass is 9.94. The van der Waals surface area contributed by atoms with Crippen LogP contribution in [-0.4, -0.2) is 0 Å². The predicted octanol–water partition coefficient (Wildman–Crippen LogP) is 19.3. The Balaban J connectivity index is 0.946. The maximum atomic E-state index is 2.35. The molecule has 0 fully saturated rings. The monoisotopic (exact) mass is 928 g/mol. The molecule has 0 heterocycles. The average molecular weight is 929 g/mol. The Labute approximate surface area is 427 Å². The summed E-state index contributed by atoms with van der Waals surface area (Å²) in [5, 5.41) is 0. The molecule has 0 radical (unpaired) electrons. The van der Waals surface area contributed by atoms with Gasteiger partial charge in [0, 0.05) is 34.1 Å². The number of anilines is 6. The minimum Gasteiger partial charge on any atom is -0.311 e. The number of rotatable bonds is 13. The highest BCUT2D eigenvalue weighted by Gasteiger charge is 2.17. The molecule has 0 N–H and O–H groups in total. The molecule has 10 aromatic carbocycles. The van der Waals surface area contributed by atoms with E-state index < -0.39 is 0 Å². The highest BCUT2D eigenvalue weighted by Crippen LogP contribution is 2.40. The summed E-state index contributed by atoms with van der Waals surface area (Å²) in [5.41, 5.74) is 25.8. The van der Waals surface area contributed by atoms with E-state index in [1.807, 2.05) is 0 Å². The Morgan fingerprint density at radius 2 is 0.403 bits per heavy atom. The number of hydrogen-bond donors (Lipinski definition) is 0. The van der Waals surface area contributed by atoms with Crippen LogP contribution in [0.1, 0.15) is 66.8 Å². The molecule has 72 heavy (non-hydrogen) atoms. The molecule has 0 bridgehead atoms. The van der Waals surface area contributed by atoms with Crippen molar-refractivity contribution in [2.24, 2.45) is 0 Å². The summed E-state index contributed by atoms with van der Waals surface area (Å²) < 4.78 is 0. The van der Waals surface area contributed by atoms with Gasteiger partial charge in [-0.15, -0.1) is 0 Å². The van der Waals surface area contributed by atoms with Gasteiger partial charge in [0.25, 0.3) is 0 Å². The fourth-order valence-corrected chi connectivity index (χ4v) is 9.26. The second-order valence-electron chi connectivity index (χ2n) is 19.2. The largest absolute Gasteiger partial charge is 0.311 e. The molecular formula is C70H60N2. The molecule has 10 aromatic rings. The van der Waals surface area contributed by atoms with Crippen molar-refractivity contribution in [3.05, 3.63) is 309 Å². The smallest absolute Gasteiger partial charge is 0.0462 e. The third-order valence-electron chi connectivity index (χ3n) is 13.5. The molecule has 0 aliphatic carbocycles. The van der Waals surface area contributed by atoms with Gasteiger partial charge in [-0.05, 0) is 182 Å². The van der Waals surface area contributed by atoms with Crippen LogP contribution >= 0.6 is 0 Å². The summed E-state index contributed by atoms with van der Waals surface area (Å²) in [6.45, 7) is 12.8. The van der Waals surface area contributed by atoms with Crippen molar-refractivity contribution in [3.63, 3.8) is 0 Å². The summed E-state index contributed by atoms with van der Waals surface area (Å²) in [6, 6.07) is 88.7. The van der Waals surface area contributed by atoms with E-state index in [9.17, 15) is 0 Å². The first-order chi connectivity index (χ1) is 35.1. The van der Waals surface area contributed by atoms with Gasteiger partial charge in [0.05, 0.1) is 0 Å². The van der Waals surface area contributed by atoms with Gasteiger partial charge in [0.1, 0.15) is 0 Å². The van der Waals surface area contributed by atoms with Gasteiger partial charge in [0.15, 0.2) is 0 Å². The number of benzene rings is 10. The zero-order valence-electron chi connectivity index (χ0n) is 42.1. The quantitative estimate of drug-likeness (QED) is 0.106. The van der Waals surface area contributed by atoms with Crippen molar-refractivity contribution in [3.8, 4) is 11.1 Å². The van der Waals surface area contributed by atoms with Crippen LogP contribution in [0.2, 0.25) is 0 Å². The van der Waals surface area contributed by atoms with Crippen LogP contribution in [0.3, 0.4) is 0 Å². The van der Waals surface area contributed by atoms with Crippen LogP contribution in [0, 0.1) is 41.5 Å². The van der Waals surface area contributed by atoms with Crippen LogP contribution < -0.4 is 9.80 Å². The normalized spacial score (nSPS) is 11.6. The second-order valence-corrected chi connectivity index (χ2v) is 19.2. The molecule has 0 unspecified atom stereocenters. The van der Waals surface area contributed by atoms with E-state index >= 15 is 0 Å². The summed E-state index contributed by atoms with van der Waals surface area (Å²) in [5.74, 6) is 0. The first-order valence-corrected chi connectivity index (χ1v) is 25.0. The van der Waals surface area contributed by atoms with Gasteiger partial charge in [-0.1, -0.05) is 203 Å². The second kappa shape index (κ2) is 21.1. The molecule has 0 spiro atoms. The lowest BCUT2D eigenvalue weighted by Gasteiger charge is -2.27. The van der Waals surface area contributed by atoms with Crippen molar-refractivity contribution in [2.75, 3.05) is 9.80 Å². The molecule has 350 valence electrons. The van der Waals surface area contributed by atoms with Crippen LogP contribution in [0.5, 0.6) is 0 Å². The lowest BCUT2D eigenvalue weighted by Crippen LogP contribution is -2.10. The van der Waals surface area contributed by atoms with Gasteiger partial charge < -0.3 is 9.80 Å². The van der Waals surface area contributed by atoms with E-state index in [1.165, 1.54) is 77.9 Å². The first-order valence-electron chi connectivity index (χ1n) is 25.0. The Morgan fingerprint density at radius 3 is 0.653 bits per heavy atom. The molecule has 0 atom stereocenters. The van der Waals surface area contributed by atoms with Crippen molar-refractivity contribution in [1.29, 1.82) is 0 Å².